The zero-order valence-corrected chi connectivity index (χ0v) is 19.9. The van der Waals surface area contributed by atoms with Crippen LogP contribution in [0.2, 0.25) is 0 Å². The van der Waals surface area contributed by atoms with Crippen molar-refractivity contribution in [3.05, 3.63) is 71.8 Å². The van der Waals surface area contributed by atoms with Crippen LogP contribution in [0.1, 0.15) is 76.3 Å². The average Bonchev–Trinajstić information content (AvgIpc) is 2.77. The molecule has 0 amide bonds. The molecule has 2 aliphatic carbocycles. The maximum Gasteiger partial charge on any atom is 0.0621 e. The summed E-state index contributed by atoms with van der Waals surface area (Å²) < 4.78 is 0. The molecule has 4 N–H and O–H groups in total. The molecule has 4 heteroatoms. The van der Waals surface area contributed by atoms with E-state index in [-0.39, 0.29) is 0 Å². The second-order valence-electron chi connectivity index (χ2n) is 10.4. The number of hydrogen-bond donors (Lipinski definition) is 3. The Kier molecular flexibility index (Phi) is 8.89. The lowest BCUT2D eigenvalue weighted by molar-refractivity contribution is -0.00837. The maximum absolute atomic E-state index is 10.2. The SMILES string of the molecule is C[C@]1(O)CC[C@@H](N(Cc2ccccc2)Cc2ccccc2)CC1.C[C@]1(O)CC[C@@H](N)CC1. The third kappa shape index (κ3) is 8.32. The van der Waals surface area contributed by atoms with Gasteiger partial charge in [0.05, 0.1) is 11.2 Å². The van der Waals surface area contributed by atoms with Crippen LogP contribution in [0.25, 0.3) is 0 Å². The quantitative estimate of drug-likeness (QED) is 0.613. The molecule has 0 unspecified atom stereocenters. The van der Waals surface area contributed by atoms with Crippen molar-refractivity contribution in [1.29, 1.82) is 0 Å². The minimum Gasteiger partial charge on any atom is -0.390 e. The van der Waals surface area contributed by atoms with Gasteiger partial charge in [-0.2, -0.15) is 0 Å². The predicted molar refractivity (Wildman–Crippen MR) is 132 cm³/mol. The molecule has 4 nitrogen and oxygen atoms in total. The lowest BCUT2D eigenvalue weighted by Gasteiger charge is -2.39. The van der Waals surface area contributed by atoms with Crippen LogP contribution in [-0.4, -0.2) is 38.4 Å². The smallest absolute Gasteiger partial charge is 0.0621 e. The van der Waals surface area contributed by atoms with E-state index in [1.165, 1.54) is 11.1 Å². The van der Waals surface area contributed by atoms with Crippen molar-refractivity contribution >= 4 is 0 Å². The molecule has 2 aliphatic rings. The summed E-state index contributed by atoms with van der Waals surface area (Å²) in [6, 6.07) is 22.3. The Morgan fingerprint density at radius 1 is 0.719 bits per heavy atom. The Morgan fingerprint density at radius 2 is 1.09 bits per heavy atom. The summed E-state index contributed by atoms with van der Waals surface area (Å²) in [5, 5.41) is 19.7. The minimum absolute atomic E-state index is 0.338. The van der Waals surface area contributed by atoms with Crippen LogP contribution < -0.4 is 5.73 Å². The zero-order chi connectivity index (χ0) is 23.0. The second-order valence-corrected chi connectivity index (χ2v) is 10.4. The second kappa shape index (κ2) is 11.4. The van der Waals surface area contributed by atoms with Crippen LogP contribution in [0.5, 0.6) is 0 Å². The predicted octanol–water partition coefficient (Wildman–Crippen LogP) is 5.02. The first kappa shape index (κ1) is 24.9. The first-order valence-corrected chi connectivity index (χ1v) is 12.2. The van der Waals surface area contributed by atoms with E-state index in [0.29, 0.717) is 12.1 Å². The van der Waals surface area contributed by atoms with Gasteiger partial charge < -0.3 is 15.9 Å². The molecule has 4 rings (SSSR count). The molecule has 0 radical (unpaired) electrons. The fraction of sp³-hybridized carbons (Fsp3) is 0.571. The van der Waals surface area contributed by atoms with E-state index in [0.717, 1.165) is 64.5 Å². The van der Waals surface area contributed by atoms with Crippen molar-refractivity contribution in [2.75, 3.05) is 0 Å². The molecule has 176 valence electrons. The molecule has 2 aromatic rings. The number of benzene rings is 2. The fourth-order valence-electron chi connectivity index (χ4n) is 4.80. The van der Waals surface area contributed by atoms with Crippen LogP contribution in [0, 0.1) is 0 Å². The summed E-state index contributed by atoms with van der Waals surface area (Å²) in [5.41, 5.74) is 7.48. The molecule has 0 saturated heterocycles. The number of rotatable bonds is 5. The van der Waals surface area contributed by atoms with Crippen molar-refractivity contribution in [2.45, 2.75) is 102 Å². The third-order valence-corrected chi connectivity index (χ3v) is 7.11. The molecular weight excluding hydrogens is 396 g/mol. The van der Waals surface area contributed by atoms with Gasteiger partial charge in [-0.15, -0.1) is 0 Å². The highest BCUT2D eigenvalue weighted by Gasteiger charge is 2.31. The van der Waals surface area contributed by atoms with Crippen LogP contribution in [-0.2, 0) is 13.1 Å². The molecular formula is C28H42N2O2. The Balaban J connectivity index is 0.000000269. The van der Waals surface area contributed by atoms with Gasteiger partial charge in [0.2, 0.25) is 0 Å². The Morgan fingerprint density at radius 3 is 1.47 bits per heavy atom. The Hall–Kier alpha value is -1.72. The van der Waals surface area contributed by atoms with Gasteiger partial charge in [-0.25, -0.2) is 0 Å². The topological polar surface area (TPSA) is 69.7 Å². The summed E-state index contributed by atoms with van der Waals surface area (Å²) in [6.07, 6.45) is 7.65. The molecule has 32 heavy (non-hydrogen) atoms. The van der Waals surface area contributed by atoms with Gasteiger partial charge in [0.15, 0.2) is 0 Å². The number of nitrogens with two attached hydrogens (primary N) is 1. The van der Waals surface area contributed by atoms with E-state index in [9.17, 15) is 10.2 Å². The summed E-state index contributed by atoms with van der Waals surface area (Å²) >= 11 is 0. The van der Waals surface area contributed by atoms with Gasteiger partial charge in [-0.05, 0) is 76.3 Å². The van der Waals surface area contributed by atoms with Crippen molar-refractivity contribution in [3.63, 3.8) is 0 Å². The van der Waals surface area contributed by atoms with Gasteiger partial charge in [0.1, 0.15) is 0 Å². The van der Waals surface area contributed by atoms with Gasteiger partial charge >= 0.3 is 0 Å². The van der Waals surface area contributed by atoms with E-state index in [4.69, 9.17) is 5.73 Å². The van der Waals surface area contributed by atoms with E-state index < -0.39 is 11.2 Å². The maximum atomic E-state index is 10.2. The minimum atomic E-state index is -0.471. The van der Waals surface area contributed by atoms with Crippen molar-refractivity contribution in [2.24, 2.45) is 5.73 Å². The molecule has 2 aromatic carbocycles. The van der Waals surface area contributed by atoms with E-state index in [2.05, 4.69) is 65.6 Å². The molecule has 2 saturated carbocycles. The Labute approximate surface area is 194 Å². The molecule has 0 aromatic heterocycles. The molecule has 0 heterocycles. The molecule has 0 spiro atoms. The fourth-order valence-corrected chi connectivity index (χ4v) is 4.80. The first-order valence-electron chi connectivity index (χ1n) is 12.2. The van der Waals surface area contributed by atoms with Crippen LogP contribution >= 0.6 is 0 Å². The first-order chi connectivity index (χ1) is 15.2. The van der Waals surface area contributed by atoms with E-state index in [1.807, 2.05) is 13.8 Å². The number of nitrogens with zero attached hydrogens (tertiary/aromatic N) is 1. The van der Waals surface area contributed by atoms with Gasteiger partial charge in [-0.1, -0.05) is 60.7 Å². The van der Waals surface area contributed by atoms with Gasteiger partial charge in [0, 0.05) is 25.2 Å². The van der Waals surface area contributed by atoms with Crippen LogP contribution in [0.15, 0.2) is 60.7 Å². The summed E-state index contributed by atoms with van der Waals surface area (Å²) in [5.74, 6) is 0. The normalized spacial score (nSPS) is 30.4. The zero-order valence-electron chi connectivity index (χ0n) is 19.9. The van der Waals surface area contributed by atoms with Crippen LogP contribution in [0.4, 0.5) is 0 Å². The van der Waals surface area contributed by atoms with Crippen molar-refractivity contribution in [1.82, 2.24) is 4.90 Å². The van der Waals surface area contributed by atoms with E-state index >= 15 is 0 Å². The highest BCUT2D eigenvalue weighted by molar-refractivity contribution is 5.17. The molecule has 0 atom stereocenters. The lowest BCUT2D eigenvalue weighted by atomic mass is 9.83. The van der Waals surface area contributed by atoms with Crippen molar-refractivity contribution in [3.8, 4) is 0 Å². The molecule has 2 fully saturated rings. The standard InChI is InChI=1S/C21H27NO.C7H15NO/c1-21(23)14-12-20(13-15-21)22(16-18-8-4-2-5-9-18)17-19-10-6-3-7-11-19;1-7(9)4-2-6(8)3-5-7/h2-11,20,23H,12-17H2,1H3;6,9H,2-5,8H2,1H3/t20-,21+;6-,7+. The highest BCUT2D eigenvalue weighted by atomic mass is 16.3. The monoisotopic (exact) mass is 438 g/mol. The van der Waals surface area contributed by atoms with Gasteiger partial charge in [0.25, 0.3) is 0 Å². The summed E-state index contributed by atoms with van der Waals surface area (Å²) in [4.78, 5) is 2.58. The summed E-state index contributed by atoms with van der Waals surface area (Å²) in [7, 11) is 0. The van der Waals surface area contributed by atoms with Crippen molar-refractivity contribution < 1.29 is 10.2 Å². The molecule has 0 bridgehead atoms. The van der Waals surface area contributed by atoms with E-state index in [1.54, 1.807) is 0 Å². The highest BCUT2D eigenvalue weighted by Crippen LogP contribution is 2.32. The van der Waals surface area contributed by atoms with Gasteiger partial charge in [-0.3, -0.25) is 4.90 Å². The molecule has 0 aliphatic heterocycles. The Bertz CT molecular complexity index is 730. The van der Waals surface area contributed by atoms with Crippen LogP contribution in [0.3, 0.4) is 0 Å². The third-order valence-electron chi connectivity index (χ3n) is 7.11. The summed E-state index contributed by atoms with van der Waals surface area (Å²) in [6.45, 7) is 5.81. The number of aliphatic hydroxyl groups is 2. The largest absolute Gasteiger partial charge is 0.390 e. The lowest BCUT2D eigenvalue weighted by Crippen LogP contribution is -2.41. The number of hydrogen-bond acceptors (Lipinski definition) is 4. The average molecular weight is 439 g/mol.